The fourth-order valence-electron chi connectivity index (χ4n) is 2.47. The first-order valence-corrected chi connectivity index (χ1v) is 7.38. The normalized spacial score (nSPS) is 10.4. The van der Waals surface area contributed by atoms with Gasteiger partial charge in [-0.15, -0.1) is 0 Å². The van der Waals surface area contributed by atoms with Gasteiger partial charge in [-0.05, 0) is 35.4 Å². The molecule has 0 radical (unpaired) electrons. The molecule has 0 bridgehead atoms. The van der Waals surface area contributed by atoms with Gasteiger partial charge >= 0.3 is 5.97 Å². The topological polar surface area (TPSA) is 63.1 Å². The van der Waals surface area contributed by atoms with Crippen molar-refractivity contribution in [3.05, 3.63) is 95.1 Å². The van der Waals surface area contributed by atoms with Crippen LogP contribution >= 0.6 is 0 Å². The number of benzene rings is 1. The van der Waals surface area contributed by atoms with E-state index in [-0.39, 0.29) is 5.69 Å². The van der Waals surface area contributed by atoms with Gasteiger partial charge in [-0.1, -0.05) is 36.4 Å². The van der Waals surface area contributed by atoms with Crippen LogP contribution in [0.5, 0.6) is 0 Å². The molecule has 3 rings (SSSR count). The lowest BCUT2D eigenvalue weighted by molar-refractivity contribution is 0.0690. The van der Waals surface area contributed by atoms with Crippen LogP contribution in [0, 0.1) is 0 Å². The van der Waals surface area contributed by atoms with Crippen LogP contribution in [0.2, 0.25) is 0 Å². The van der Waals surface area contributed by atoms with E-state index in [0.717, 1.165) is 23.4 Å². The number of pyridine rings is 2. The molecular formula is C19H16N2O2. The summed E-state index contributed by atoms with van der Waals surface area (Å²) in [5, 5.41) is 9.01. The maximum absolute atomic E-state index is 11.0. The van der Waals surface area contributed by atoms with Crippen molar-refractivity contribution in [2.45, 2.75) is 12.8 Å². The third kappa shape index (κ3) is 4.01. The standard InChI is InChI=1S/C19H16N2O2/c22-19(23)18-9-4-8-17(21-18)13-15-6-3-5-14(11-15)12-16-7-1-2-10-20-16/h1-11H,12-13H2,(H,22,23). The van der Waals surface area contributed by atoms with Crippen LogP contribution in [0.4, 0.5) is 0 Å². The Morgan fingerprint density at radius 2 is 1.57 bits per heavy atom. The van der Waals surface area contributed by atoms with E-state index in [1.165, 1.54) is 11.6 Å². The number of nitrogens with zero attached hydrogens (tertiary/aromatic N) is 2. The number of aromatic nitrogens is 2. The van der Waals surface area contributed by atoms with Gasteiger partial charge in [0.05, 0.1) is 0 Å². The second-order valence-electron chi connectivity index (χ2n) is 5.31. The van der Waals surface area contributed by atoms with Crippen LogP contribution in [-0.4, -0.2) is 21.0 Å². The molecule has 2 aromatic heterocycles. The average Bonchev–Trinajstić information content (AvgIpc) is 2.56. The van der Waals surface area contributed by atoms with Crippen molar-refractivity contribution in [3.8, 4) is 0 Å². The van der Waals surface area contributed by atoms with Crippen molar-refractivity contribution >= 4 is 5.97 Å². The van der Waals surface area contributed by atoms with Gasteiger partial charge in [-0.2, -0.15) is 0 Å². The highest BCUT2D eigenvalue weighted by molar-refractivity contribution is 5.85. The van der Waals surface area contributed by atoms with Crippen LogP contribution in [-0.2, 0) is 12.8 Å². The molecular weight excluding hydrogens is 288 g/mol. The molecule has 0 aliphatic heterocycles. The van der Waals surface area contributed by atoms with Crippen LogP contribution in [0.3, 0.4) is 0 Å². The van der Waals surface area contributed by atoms with Crippen molar-refractivity contribution < 1.29 is 9.90 Å². The molecule has 0 saturated carbocycles. The third-order valence-corrected chi connectivity index (χ3v) is 3.51. The van der Waals surface area contributed by atoms with E-state index in [1.807, 2.05) is 36.4 Å². The van der Waals surface area contributed by atoms with E-state index in [2.05, 4.69) is 22.1 Å². The molecule has 0 spiro atoms. The zero-order chi connectivity index (χ0) is 16.1. The number of hydrogen-bond acceptors (Lipinski definition) is 3. The zero-order valence-electron chi connectivity index (χ0n) is 12.5. The van der Waals surface area contributed by atoms with Crippen molar-refractivity contribution in [1.29, 1.82) is 0 Å². The Balaban J connectivity index is 1.77. The average molecular weight is 304 g/mol. The van der Waals surface area contributed by atoms with E-state index in [1.54, 1.807) is 12.3 Å². The Morgan fingerprint density at radius 1 is 0.870 bits per heavy atom. The largest absolute Gasteiger partial charge is 0.477 e. The first-order chi connectivity index (χ1) is 11.2. The second-order valence-corrected chi connectivity index (χ2v) is 5.31. The SMILES string of the molecule is O=C(O)c1cccc(Cc2cccc(Cc3ccccn3)c2)n1. The summed E-state index contributed by atoms with van der Waals surface area (Å²) >= 11 is 0. The Labute approximate surface area is 134 Å². The molecule has 0 atom stereocenters. The monoisotopic (exact) mass is 304 g/mol. The van der Waals surface area contributed by atoms with E-state index < -0.39 is 5.97 Å². The fraction of sp³-hybridized carbons (Fsp3) is 0.105. The molecule has 2 heterocycles. The predicted octanol–water partition coefficient (Wildman–Crippen LogP) is 3.36. The molecule has 4 nitrogen and oxygen atoms in total. The van der Waals surface area contributed by atoms with E-state index in [4.69, 9.17) is 5.11 Å². The molecule has 0 unspecified atom stereocenters. The number of aromatic carboxylic acids is 1. The van der Waals surface area contributed by atoms with Gasteiger partial charge in [0.15, 0.2) is 0 Å². The summed E-state index contributed by atoms with van der Waals surface area (Å²) in [5.41, 5.74) is 4.13. The zero-order valence-corrected chi connectivity index (χ0v) is 12.5. The molecule has 0 saturated heterocycles. The van der Waals surface area contributed by atoms with Crippen LogP contribution in [0.15, 0.2) is 66.9 Å². The minimum Gasteiger partial charge on any atom is -0.477 e. The lowest BCUT2D eigenvalue weighted by Crippen LogP contribution is -2.03. The minimum absolute atomic E-state index is 0.0761. The maximum Gasteiger partial charge on any atom is 0.354 e. The van der Waals surface area contributed by atoms with Gasteiger partial charge in [0, 0.05) is 30.4 Å². The molecule has 1 N–H and O–H groups in total. The summed E-state index contributed by atoms with van der Waals surface area (Å²) in [5.74, 6) is -1.00. The quantitative estimate of drug-likeness (QED) is 0.785. The summed E-state index contributed by atoms with van der Waals surface area (Å²) in [4.78, 5) is 19.5. The molecule has 23 heavy (non-hydrogen) atoms. The smallest absolute Gasteiger partial charge is 0.354 e. The third-order valence-electron chi connectivity index (χ3n) is 3.51. The summed E-state index contributed by atoms with van der Waals surface area (Å²) in [6, 6.07) is 19.2. The highest BCUT2D eigenvalue weighted by atomic mass is 16.4. The number of carboxylic acid groups (broad SMARTS) is 1. The van der Waals surface area contributed by atoms with E-state index in [9.17, 15) is 4.79 Å². The van der Waals surface area contributed by atoms with Crippen molar-refractivity contribution in [3.63, 3.8) is 0 Å². The molecule has 0 aliphatic rings. The van der Waals surface area contributed by atoms with Crippen molar-refractivity contribution in [2.24, 2.45) is 0 Å². The van der Waals surface area contributed by atoms with Gasteiger partial charge in [0.2, 0.25) is 0 Å². The Morgan fingerprint density at radius 3 is 2.26 bits per heavy atom. The summed E-state index contributed by atoms with van der Waals surface area (Å²) in [6.45, 7) is 0. The number of carbonyl (C=O) groups is 1. The Hall–Kier alpha value is -3.01. The Bertz CT molecular complexity index is 816. The van der Waals surface area contributed by atoms with Gasteiger partial charge in [0.1, 0.15) is 5.69 Å². The molecule has 0 amide bonds. The molecule has 3 aromatic rings. The van der Waals surface area contributed by atoms with Crippen LogP contribution in [0.25, 0.3) is 0 Å². The van der Waals surface area contributed by atoms with Gasteiger partial charge < -0.3 is 5.11 Å². The van der Waals surface area contributed by atoms with E-state index >= 15 is 0 Å². The van der Waals surface area contributed by atoms with Crippen molar-refractivity contribution in [1.82, 2.24) is 9.97 Å². The molecule has 114 valence electrons. The van der Waals surface area contributed by atoms with Gasteiger partial charge in [-0.3, -0.25) is 4.98 Å². The predicted molar refractivity (Wildman–Crippen MR) is 87.5 cm³/mol. The lowest BCUT2D eigenvalue weighted by Gasteiger charge is -2.06. The van der Waals surface area contributed by atoms with Crippen LogP contribution < -0.4 is 0 Å². The van der Waals surface area contributed by atoms with Crippen molar-refractivity contribution in [2.75, 3.05) is 0 Å². The van der Waals surface area contributed by atoms with Gasteiger partial charge in [0.25, 0.3) is 0 Å². The van der Waals surface area contributed by atoms with Crippen LogP contribution in [0.1, 0.15) is 33.0 Å². The minimum atomic E-state index is -1.00. The molecule has 0 fully saturated rings. The van der Waals surface area contributed by atoms with E-state index in [0.29, 0.717) is 6.42 Å². The van der Waals surface area contributed by atoms with Gasteiger partial charge in [-0.25, -0.2) is 9.78 Å². The maximum atomic E-state index is 11.0. The Kier molecular flexibility index (Phi) is 4.43. The number of rotatable bonds is 5. The molecule has 0 aliphatic carbocycles. The summed E-state index contributed by atoms with van der Waals surface area (Å²) < 4.78 is 0. The number of hydrogen-bond donors (Lipinski definition) is 1. The summed E-state index contributed by atoms with van der Waals surface area (Å²) in [7, 11) is 0. The summed E-state index contributed by atoms with van der Waals surface area (Å²) in [6.07, 6.45) is 3.18. The molecule has 1 aromatic carbocycles. The first kappa shape index (κ1) is 14.9. The molecule has 4 heteroatoms. The second kappa shape index (κ2) is 6.83. The number of carboxylic acids is 1. The lowest BCUT2D eigenvalue weighted by atomic mass is 10.0. The highest BCUT2D eigenvalue weighted by Gasteiger charge is 2.06. The fourth-order valence-corrected chi connectivity index (χ4v) is 2.47. The highest BCUT2D eigenvalue weighted by Crippen LogP contribution is 2.13. The first-order valence-electron chi connectivity index (χ1n) is 7.38.